The van der Waals surface area contributed by atoms with Gasteiger partial charge in [-0.2, -0.15) is 0 Å². The molecule has 1 saturated heterocycles. The summed E-state index contributed by atoms with van der Waals surface area (Å²) < 4.78 is 35.3. The number of rotatable bonds is 11. The van der Waals surface area contributed by atoms with E-state index < -0.39 is 23.0 Å². The summed E-state index contributed by atoms with van der Waals surface area (Å²) in [5, 5.41) is 10.8. The summed E-state index contributed by atoms with van der Waals surface area (Å²) in [5.41, 5.74) is 1.42. The fourth-order valence-electron chi connectivity index (χ4n) is 5.66. The molecule has 1 aliphatic heterocycles. The number of halogens is 2. The highest BCUT2D eigenvalue weighted by Crippen LogP contribution is 2.35. The Morgan fingerprint density at radius 2 is 1.83 bits per heavy atom. The number of aryl methyl sites for hydroxylation is 1. The Bertz CT molecular complexity index is 1870. The van der Waals surface area contributed by atoms with E-state index >= 15 is 8.78 Å². The van der Waals surface area contributed by atoms with E-state index in [4.69, 9.17) is 4.74 Å². The van der Waals surface area contributed by atoms with Gasteiger partial charge in [0.25, 0.3) is 0 Å². The number of likely N-dealkylation sites (N-methyl/N-ethyl adjacent to an activating group) is 1. The molecule has 1 aliphatic carbocycles. The van der Waals surface area contributed by atoms with E-state index in [0.717, 1.165) is 51.3 Å². The molecule has 1 amide bonds. The summed E-state index contributed by atoms with van der Waals surface area (Å²) in [6, 6.07) is 10.5. The number of methoxy groups -OCH3 is 1. The van der Waals surface area contributed by atoms with Gasteiger partial charge in [-0.3, -0.25) is 9.59 Å². The Hall–Kier alpha value is -5.10. The maximum Gasteiger partial charge on any atom is 0.247 e. The lowest BCUT2D eigenvalue weighted by atomic mass is 10.0. The number of fused-ring (bicyclic) bond motifs is 1. The first-order valence-electron chi connectivity index (χ1n) is 15.7. The highest BCUT2D eigenvalue weighted by Gasteiger charge is 2.28. The second-order valence-electron chi connectivity index (χ2n) is 11.8. The normalized spacial score (nSPS) is 15.0. The van der Waals surface area contributed by atoms with Gasteiger partial charge in [-0.1, -0.05) is 13.5 Å². The number of piperazine rings is 1. The summed E-state index contributed by atoms with van der Waals surface area (Å²) >= 11 is 0. The minimum atomic E-state index is -1.08. The fourth-order valence-corrected chi connectivity index (χ4v) is 5.66. The number of pyridine rings is 2. The minimum absolute atomic E-state index is 0.0804. The van der Waals surface area contributed by atoms with Crippen molar-refractivity contribution >= 4 is 51.2 Å². The first-order chi connectivity index (χ1) is 22.7. The van der Waals surface area contributed by atoms with Crippen LogP contribution < -0.4 is 25.6 Å². The van der Waals surface area contributed by atoms with Crippen molar-refractivity contribution in [3.05, 3.63) is 83.7 Å². The third-order valence-corrected chi connectivity index (χ3v) is 8.56. The van der Waals surface area contributed by atoms with Crippen LogP contribution in [0.4, 0.5) is 37.5 Å². The van der Waals surface area contributed by atoms with Crippen LogP contribution in [0.15, 0.2) is 55.3 Å². The van der Waals surface area contributed by atoms with Crippen molar-refractivity contribution in [3.8, 4) is 5.75 Å². The number of carbonyl (C=O) groups is 2. The lowest BCUT2D eigenvalue weighted by molar-refractivity contribution is -0.111. The van der Waals surface area contributed by atoms with Crippen molar-refractivity contribution in [2.75, 3.05) is 60.7 Å². The molecule has 1 saturated carbocycles. The van der Waals surface area contributed by atoms with Gasteiger partial charge < -0.3 is 30.5 Å². The maximum atomic E-state index is 15.2. The summed E-state index contributed by atoms with van der Waals surface area (Å²) in [7, 11) is 1.26. The number of carbonyl (C=O) groups excluding carboxylic acids is 2. The Kier molecular flexibility index (Phi) is 9.04. The smallest absolute Gasteiger partial charge is 0.247 e. The third-order valence-electron chi connectivity index (χ3n) is 8.56. The zero-order chi connectivity index (χ0) is 33.2. The standard InChI is InChI=1S/C35H37F2N7O3/c1-5-30(45)41-26-17-23(44-13-11-43(6-2)12-14-44)9-10-25(26)40-29-18-24-21(19-38-29)16-27(42-35(24)39-22-7-8-22)34(46)31-32(36)20(3)15-28(47-4)33(31)37/h5,9-10,15-19,22H,1,6-8,11-14H2,2-4H3,(H,38,40)(H,39,42)(H,41,45). The molecule has 2 aromatic heterocycles. The molecular formula is C35H37F2N7O3. The van der Waals surface area contributed by atoms with Crippen LogP contribution in [0.5, 0.6) is 5.75 Å². The van der Waals surface area contributed by atoms with Crippen LogP contribution >= 0.6 is 0 Å². The molecule has 3 N–H and O–H groups in total. The van der Waals surface area contributed by atoms with Crippen molar-refractivity contribution < 1.29 is 23.1 Å². The monoisotopic (exact) mass is 641 g/mol. The van der Waals surface area contributed by atoms with E-state index in [1.165, 1.54) is 32.2 Å². The quantitative estimate of drug-likeness (QED) is 0.133. The first kappa shape index (κ1) is 31.9. The number of ketones is 1. The van der Waals surface area contributed by atoms with E-state index in [9.17, 15) is 9.59 Å². The second-order valence-corrected chi connectivity index (χ2v) is 11.8. The summed E-state index contributed by atoms with van der Waals surface area (Å²) in [6.07, 6.45) is 4.65. The van der Waals surface area contributed by atoms with Gasteiger partial charge in [0.1, 0.15) is 23.1 Å². The van der Waals surface area contributed by atoms with Crippen LogP contribution in [0.25, 0.3) is 10.8 Å². The maximum absolute atomic E-state index is 15.2. The molecule has 2 aromatic carbocycles. The Morgan fingerprint density at radius 1 is 1.06 bits per heavy atom. The molecule has 0 radical (unpaired) electrons. The number of benzene rings is 2. The summed E-state index contributed by atoms with van der Waals surface area (Å²) in [6.45, 7) is 11.9. The SMILES string of the molecule is C=CC(=O)Nc1cc(N2CCN(CC)CC2)ccc1Nc1cc2c(NC3CC3)nc(C(=O)c3c(F)c(C)cc(OC)c3F)cc2cn1. The average molecular weight is 642 g/mol. The molecule has 47 heavy (non-hydrogen) atoms. The van der Waals surface area contributed by atoms with Gasteiger partial charge in [0.15, 0.2) is 11.6 Å². The van der Waals surface area contributed by atoms with Gasteiger partial charge in [-0.15, -0.1) is 0 Å². The molecule has 3 heterocycles. The van der Waals surface area contributed by atoms with Crippen molar-refractivity contribution in [3.63, 3.8) is 0 Å². The van der Waals surface area contributed by atoms with Crippen molar-refractivity contribution in [2.45, 2.75) is 32.7 Å². The largest absolute Gasteiger partial charge is 0.494 e. The molecule has 4 aromatic rings. The number of nitrogens with zero attached hydrogens (tertiary/aromatic N) is 4. The molecule has 0 spiro atoms. The van der Waals surface area contributed by atoms with Gasteiger partial charge in [-0.05, 0) is 74.3 Å². The van der Waals surface area contributed by atoms with E-state index in [0.29, 0.717) is 33.8 Å². The van der Waals surface area contributed by atoms with Crippen molar-refractivity contribution in [2.24, 2.45) is 0 Å². The Balaban J connectivity index is 1.34. The number of hydrogen-bond donors (Lipinski definition) is 3. The van der Waals surface area contributed by atoms with Gasteiger partial charge >= 0.3 is 0 Å². The molecule has 244 valence electrons. The second kappa shape index (κ2) is 13.3. The van der Waals surface area contributed by atoms with Gasteiger partial charge in [0.2, 0.25) is 11.7 Å². The van der Waals surface area contributed by atoms with Crippen LogP contribution in [0.2, 0.25) is 0 Å². The number of amides is 1. The molecule has 0 bridgehead atoms. The zero-order valence-corrected chi connectivity index (χ0v) is 26.6. The molecule has 6 rings (SSSR count). The molecule has 12 heteroatoms. The van der Waals surface area contributed by atoms with Crippen LogP contribution in [-0.2, 0) is 4.79 Å². The molecule has 10 nitrogen and oxygen atoms in total. The van der Waals surface area contributed by atoms with Gasteiger partial charge in [-0.25, -0.2) is 18.7 Å². The summed E-state index contributed by atoms with van der Waals surface area (Å²) in [4.78, 5) is 39.7. The molecule has 0 atom stereocenters. The fraction of sp³-hybridized carbons (Fsp3) is 0.314. The van der Waals surface area contributed by atoms with E-state index in [1.54, 1.807) is 12.3 Å². The Labute approximate surface area is 271 Å². The van der Waals surface area contributed by atoms with E-state index in [2.05, 4.69) is 49.2 Å². The van der Waals surface area contributed by atoms with E-state index in [1.807, 2.05) is 18.2 Å². The predicted octanol–water partition coefficient (Wildman–Crippen LogP) is 6.04. The molecule has 2 fully saturated rings. The van der Waals surface area contributed by atoms with Crippen molar-refractivity contribution in [1.29, 1.82) is 0 Å². The van der Waals surface area contributed by atoms with Crippen LogP contribution in [0.3, 0.4) is 0 Å². The minimum Gasteiger partial charge on any atom is -0.494 e. The predicted molar refractivity (Wildman–Crippen MR) is 180 cm³/mol. The van der Waals surface area contributed by atoms with Crippen molar-refractivity contribution in [1.82, 2.24) is 14.9 Å². The first-order valence-corrected chi connectivity index (χ1v) is 15.7. The highest BCUT2D eigenvalue weighted by atomic mass is 19.1. The lowest BCUT2D eigenvalue weighted by Gasteiger charge is -2.35. The Morgan fingerprint density at radius 3 is 2.51 bits per heavy atom. The van der Waals surface area contributed by atoms with Gasteiger partial charge in [0, 0.05) is 54.9 Å². The molecule has 0 unspecified atom stereocenters. The molecule has 2 aliphatic rings. The topological polar surface area (TPSA) is 112 Å². The zero-order valence-electron chi connectivity index (χ0n) is 26.6. The van der Waals surface area contributed by atoms with Gasteiger partial charge in [0.05, 0.1) is 24.0 Å². The highest BCUT2D eigenvalue weighted by molar-refractivity contribution is 6.11. The number of anilines is 5. The van der Waals surface area contributed by atoms with Crippen LogP contribution in [0, 0.1) is 18.6 Å². The van der Waals surface area contributed by atoms with Crippen LogP contribution in [0.1, 0.15) is 41.4 Å². The number of hydrogen-bond acceptors (Lipinski definition) is 9. The number of aromatic nitrogens is 2. The van der Waals surface area contributed by atoms with E-state index in [-0.39, 0.29) is 29.0 Å². The number of nitrogens with one attached hydrogen (secondary N) is 3. The molecular weight excluding hydrogens is 604 g/mol. The third kappa shape index (κ3) is 6.73. The summed E-state index contributed by atoms with van der Waals surface area (Å²) in [5.74, 6) is -2.63. The average Bonchev–Trinajstić information content (AvgIpc) is 3.91. The van der Waals surface area contributed by atoms with Crippen LogP contribution in [-0.4, -0.2) is 72.4 Å². The number of ether oxygens (including phenoxy) is 1. The lowest BCUT2D eigenvalue weighted by Crippen LogP contribution is -2.46.